The van der Waals surface area contributed by atoms with Crippen molar-refractivity contribution in [3.8, 4) is 5.75 Å². The molecule has 1 fully saturated rings. The summed E-state index contributed by atoms with van der Waals surface area (Å²) in [5.74, 6) is -2.26. The molecule has 1 aliphatic heterocycles. The number of piperidine rings is 1. The minimum Gasteiger partial charge on any atom is -0.489 e. The number of rotatable bonds is 5. The van der Waals surface area contributed by atoms with Crippen molar-refractivity contribution in [2.75, 3.05) is 19.7 Å². The van der Waals surface area contributed by atoms with Crippen LogP contribution in [0.1, 0.15) is 19.3 Å². The summed E-state index contributed by atoms with van der Waals surface area (Å²) in [6.45, 7) is 1.28. The number of likely N-dealkylation sites (tertiary alicyclic amines) is 1. The van der Waals surface area contributed by atoms with Crippen LogP contribution < -0.4 is 4.74 Å². The molecular weight excluding hydrogens is 268 g/mol. The lowest BCUT2D eigenvalue weighted by molar-refractivity contribution is -0.144. The second kappa shape index (κ2) is 6.65. The Morgan fingerprint density at radius 3 is 2.90 bits per heavy atom. The molecule has 1 saturated heterocycles. The van der Waals surface area contributed by atoms with Crippen molar-refractivity contribution >= 4 is 5.97 Å². The number of benzene rings is 1. The highest BCUT2D eigenvalue weighted by molar-refractivity contribution is 5.73. The van der Waals surface area contributed by atoms with Crippen molar-refractivity contribution in [1.29, 1.82) is 0 Å². The largest absolute Gasteiger partial charge is 0.489 e. The van der Waals surface area contributed by atoms with Gasteiger partial charge in [-0.2, -0.15) is 0 Å². The zero-order chi connectivity index (χ0) is 14.5. The fourth-order valence-electron chi connectivity index (χ4n) is 2.40. The van der Waals surface area contributed by atoms with Crippen LogP contribution in [0.25, 0.3) is 0 Å². The second-order valence-corrected chi connectivity index (χ2v) is 4.81. The molecule has 1 N–H and O–H groups in total. The van der Waals surface area contributed by atoms with Crippen molar-refractivity contribution in [1.82, 2.24) is 4.90 Å². The van der Waals surface area contributed by atoms with E-state index in [1.54, 1.807) is 0 Å². The number of ether oxygens (including phenoxy) is 1. The molecule has 0 amide bonds. The van der Waals surface area contributed by atoms with Gasteiger partial charge in [0.1, 0.15) is 18.5 Å². The molecule has 6 heteroatoms. The van der Waals surface area contributed by atoms with E-state index in [0.717, 1.165) is 25.0 Å². The number of carboxylic acids is 1. The number of nitrogens with zero attached hydrogens (tertiary/aromatic N) is 1. The van der Waals surface area contributed by atoms with E-state index in [4.69, 9.17) is 9.84 Å². The van der Waals surface area contributed by atoms with E-state index in [1.165, 1.54) is 6.07 Å². The first-order chi connectivity index (χ1) is 9.58. The van der Waals surface area contributed by atoms with E-state index in [-0.39, 0.29) is 12.4 Å². The molecule has 1 aromatic carbocycles. The van der Waals surface area contributed by atoms with E-state index in [9.17, 15) is 13.6 Å². The zero-order valence-electron chi connectivity index (χ0n) is 11.0. The number of hydrogen-bond donors (Lipinski definition) is 1. The molecule has 4 nitrogen and oxygen atoms in total. The summed E-state index contributed by atoms with van der Waals surface area (Å²) in [4.78, 5) is 12.9. The SMILES string of the molecule is O=C(O)C1CCCCN1CCOc1ccc(F)cc1F. The third-order valence-electron chi connectivity index (χ3n) is 3.43. The lowest BCUT2D eigenvalue weighted by Gasteiger charge is -2.32. The van der Waals surface area contributed by atoms with Gasteiger partial charge in [-0.1, -0.05) is 6.42 Å². The Balaban J connectivity index is 1.86. The lowest BCUT2D eigenvalue weighted by Crippen LogP contribution is -2.46. The summed E-state index contributed by atoms with van der Waals surface area (Å²) >= 11 is 0. The maximum absolute atomic E-state index is 13.3. The van der Waals surface area contributed by atoms with Gasteiger partial charge >= 0.3 is 5.97 Å². The zero-order valence-corrected chi connectivity index (χ0v) is 11.0. The third kappa shape index (κ3) is 3.66. The number of carboxylic acid groups (broad SMARTS) is 1. The van der Waals surface area contributed by atoms with Crippen molar-refractivity contribution < 1.29 is 23.4 Å². The Hall–Kier alpha value is -1.69. The van der Waals surface area contributed by atoms with Gasteiger partial charge in [0, 0.05) is 12.6 Å². The van der Waals surface area contributed by atoms with Crippen LogP contribution in [0.4, 0.5) is 8.78 Å². The summed E-state index contributed by atoms with van der Waals surface area (Å²) in [6, 6.07) is 2.62. The maximum Gasteiger partial charge on any atom is 0.320 e. The Morgan fingerprint density at radius 1 is 1.40 bits per heavy atom. The average Bonchev–Trinajstić information content (AvgIpc) is 2.41. The molecule has 0 radical (unpaired) electrons. The molecule has 0 aliphatic carbocycles. The molecule has 0 bridgehead atoms. The highest BCUT2D eigenvalue weighted by Gasteiger charge is 2.27. The minimum absolute atomic E-state index is 0.0183. The highest BCUT2D eigenvalue weighted by atomic mass is 19.1. The van der Waals surface area contributed by atoms with Crippen LogP contribution in [0.15, 0.2) is 18.2 Å². The maximum atomic E-state index is 13.3. The monoisotopic (exact) mass is 285 g/mol. The van der Waals surface area contributed by atoms with Gasteiger partial charge in [-0.05, 0) is 31.5 Å². The minimum atomic E-state index is -0.835. The number of hydrogen-bond acceptors (Lipinski definition) is 3. The van der Waals surface area contributed by atoms with Crippen molar-refractivity contribution in [3.05, 3.63) is 29.8 Å². The molecular formula is C14H17F2NO3. The van der Waals surface area contributed by atoms with Crippen molar-refractivity contribution in [3.63, 3.8) is 0 Å². The van der Waals surface area contributed by atoms with Gasteiger partial charge in [0.25, 0.3) is 0 Å². The van der Waals surface area contributed by atoms with Gasteiger partial charge in [0.15, 0.2) is 11.6 Å². The molecule has 0 spiro atoms. The summed E-state index contributed by atoms with van der Waals surface area (Å²) in [7, 11) is 0. The predicted molar refractivity (Wildman–Crippen MR) is 68.7 cm³/mol. The van der Waals surface area contributed by atoms with Crippen LogP contribution in [0.2, 0.25) is 0 Å². The number of aliphatic carboxylic acids is 1. The van der Waals surface area contributed by atoms with E-state index in [2.05, 4.69) is 0 Å². The Morgan fingerprint density at radius 2 is 2.20 bits per heavy atom. The summed E-state index contributed by atoms with van der Waals surface area (Å²) in [5, 5.41) is 9.12. The van der Waals surface area contributed by atoms with Gasteiger partial charge in [0.05, 0.1) is 0 Å². The first-order valence-electron chi connectivity index (χ1n) is 6.62. The van der Waals surface area contributed by atoms with Gasteiger partial charge in [0.2, 0.25) is 0 Å². The van der Waals surface area contributed by atoms with Crippen molar-refractivity contribution in [2.24, 2.45) is 0 Å². The van der Waals surface area contributed by atoms with Crippen molar-refractivity contribution in [2.45, 2.75) is 25.3 Å². The third-order valence-corrected chi connectivity index (χ3v) is 3.43. The van der Waals surface area contributed by atoms with E-state index < -0.39 is 23.6 Å². The van der Waals surface area contributed by atoms with Crippen LogP contribution in [0.3, 0.4) is 0 Å². The quantitative estimate of drug-likeness (QED) is 0.901. The van der Waals surface area contributed by atoms with Crippen LogP contribution >= 0.6 is 0 Å². The smallest absolute Gasteiger partial charge is 0.320 e. The van der Waals surface area contributed by atoms with Gasteiger partial charge in [-0.25, -0.2) is 8.78 Å². The van der Waals surface area contributed by atoms with E-state index in [1.807, 2.05) is 4.90 Å². The predicted octanol–water partition coefficient (Wildman–Crippen LogP) is 2.28. The fourth-order valence-corrected chi connectivity index (χ4v) is 2.40. The van der Waals surface area contributed by atoms with Crippen LogP contribution in [0.5, 0.6) is 5.75 Å². The lowest BCUT2D eigenvalue weighted by atomic mass is 10.0. The molecule has 20 heavy (non-hydrogen) atoms. The Bertz CT molecular complexity index is 481. The normalized spacial score (nSPS) is 19.8. The average molecular weight is 285 g/mol. The molecule has 1 unspecified atom stereocenters. The Kier molecular flexibility index (Phi) is 4.89. The molecule has 0 saturated carbocycles. The number of carbonyl (C=O) groups is 1. The summed E-state index contributed by atoms with van der Waals surface area (Å²) in [5.41, 5.74) is 0. The van der Waals surface area contributed by atoms with Crippen LogP contribution in [-0.2, 0) is 4.79 Å². The van der Waals surface area contributed by atoms with E-state index >= 15 is 0 Å². The van der Waals surface area contributed by atoms with Gasteiger partial charge in [-0.3, -0.25) is 9.69 Å². The second-order valence-electron chi connectivity index (χ2n) is 4.81. The van der Waals surface area contributed by atoms with Crippen LogP contribution in [0, 0.1) is 11.6 Å². The van der Waals surface area contributed by atoms with Gasteiger partial charge in [-0.15, -0.1) is 0 Å². The van der Waals surface area contributed by atoms with E-state index in [0.29, 0.717) is 19.5 Å². The molecule has 2 rings (SSSR count). The first kappa shape index (κ1) is 14.7. The molecule has 1 aliphatic rings. The topological polar surface area (TPSA) is 49.8 Å². The molecule has 1 heterocycles. The molecule has 1 aromatic rings. The molecule has 1 atom stereocenters. The Labute approximate surface area is 116 Å². The summed E-state index contributed by atoms with van der Waals surface area (Å²) in [6.07, 6.45) is 2.48. The number of halogens is 2. The molecule has 0 aromatic heterocycles. The van der Waals surface area contributed by atoms with Gasteiger partial charge < -0.3 is 9.84 Å². The molecule has 110 valence electrons. The fraction of sp³-hybridized carbons (Fsp3) is 0.500. The highest BCUT2D eigenvalue weighted by Crippen LogP contribution is 2.19. The van der Waals surface area contributed by atoms with Crippen LogP contribution in [-0.4, -0.2) is 41.7 Å². The summed E-state index contributed by atoms with van der Waals surface area (Å²) < 4.78 is 31.3. The standard InChI is InChI=1S/C14H17F2NO3/c15-10-4-5-13(11(16)9-10)20-8-7-17-6-2-1-3-12(17)14(18)19/h4-5,9,12H,1-3,6-8H2,(H,18,19). The first-order valence-corrected chi connectivity index (χ1v) is 6.62.